The molecule has 3 nitrogen and oxygen atoms in total. The van der Waals surface area contributed by atoms with Crippen molar-refractivity contribution in [3.8, 4) is 11.1 Å². The van der Waals surface area contributed by atoms with Gasteiger partial charge in [0.15, 0.2) is 0 Å². The Labute approximate surface area is 187 Å². The minimum atomic E-state index is 0.294. The maximum absolute atomic E-state index is 6.34. The van der Waals surface area contributed by atoms with Crippen LogP contribution in [0.3, 0.4) is 0 Å². The molecule has 0 atom stereocenters. The van der Waals surface area contributed by atoms with E-state index in [0.717, 1.165) is 29.0 Å². The van der Waals surface area contributed by atoms with E-state index in [1.165, 1.54) is 27.1 Å². The van der Waals surface area contributed by atoms with Crippen LogP contribution in [-0.4, -0.2) is 17.0 Å². The van der Waals surface area contributed by atoms with Crippen molar-refractivity contribution in [2.45, 2.75) is 39.7 Å². The molecule has 0 N–H and O–H groups in total. The number of aromatic nitrogens is 2. The van der Waals surface area contributed by atoms with Gasteiger partial charge in [0.2, 0.25) is 5.28 Å². The number of rotatable bonds is 6. The SMILES string of the molecule is CCc1sc2nc(Cl)nc(N(C)Cc3ccccc3)c2c1-c1ccc(C(C)C)cc1. The molecule has 0 bridgehead atoms. The van der Waals surface area contributed by atoms with Crippen molar-refractivity contribution in [1.29, 1.82) is 0 Å². The average Bonchev–Trinajstić information content (AvgIpc) is 3.12. The Bertz CT molecular complexity index is 1150. The van der Waals surface area contributed by atoms with Gasteiger partial charge in [0.1, 0.15) is 10.6 Å². The molecular formula is C25H26ClN3S. The first-order valence-corrected chi connectivity index (χ1v) is 11.5. The van der Waals surface area contributed by atoms with Gasteiger partial charge in [-0.05, 0) is 40.6 Å². The number of aryl methyl sites for hydroxylation is 1. The predicted octanol–water partition coefficient (Wildman–Crippen LogP) is 7.33. The van der Waals surface area contributed by atoms with Crippen molar-refractivity contribution in [2.75, 3.05) is 11.9 Å². The van der Waals surface area contributed by atoms with Crippen molar-refractivity contribution in [3.05, 3.63) is 75.9 Å². The van der Waals surface area contributed by atoms with Gasteiger partial charge in [-0.3, -0.25) is 0 Å². The summed E-state index contributed by atoms with van der Waals surface area (Å²) in [6, 6.07) is 19.3. The third-order valence-corrected chi connectivity index (χ3v) is 6.79. The fraction of sp³-hybridized carbons (Fsp3) is 0.280. The largest absolute Gasteiger partial charge is 0.355 e. The highest BCUT2D eigenvalue weighted by molar-refractivity contribution is 7.19. The Morgan fingerprint density at radius 3 is 2.33 bits per heavy atom. The van der Waals surface area contributed by atoms with Gasteiger partial charge in [-0.15, -0.1) is 11.3 Å². The molecule has 0 radical (unpaired) electrons. The zero-order valence-electron chi connectivity index (χ0n) is 17.8. The lowest BCUT2D eigenvalue weighted by atomic mass is 9.97. The zero-order chi connectivity index (χ0) is 21.3. The van der Waals surface area contributed by atoms with Crippen LogP contribution in [0.25, 0.3) is 21.3 Å². The summed E-state index contributed by atoms with van der Waals surface area (Å²) in [7, 11) is 2.07. The maximum atomic E-state index is 6.34. The van der Waals surface area contributed by atoms with Crippen LogP contribution in [-0.2, 0) is 13.0 Å². The Morgan fingerprint density at radius 1 is 1.00 bits per heavy atom. The third kappa shape index (κ3) is 4.07. The van der Waals surface area contributed by atoms with Crippen molar-refractivity contribution in [1.82, 2.24) is 9.97 Å². The van der Waals surface area contributed by atoms with E-state index in [1.807, 2.05) is 6.07 Å². The molecule has 0 fully saturated rings. The molecule has 30 heavy (non-hydrogen) atoms. The highest BCUT2D eigenvalue weighted by Gasteiger charge is 2.21. The van der Waals surface area contributed by atoms with Crippen molar-refractivity contribution in [3.63, 3.8) is 0 Å². The number of hydrogen-bond donors (Lipinski definition) is 0. The number of anilines is 1. The second-order valence-corrected chi connectivity index (χ2v) is 9.29. The van der Waals surface area contributed by atoms with Crippen LogP contribution < -0.4 is 4.90 Å². The number of halogens is 1. The van der Waals surface area contributed by atoms with Crippen LogP contribution in [0.15, 0.2) is 54.6 Å². The fourth-order valence-corrected chi connectivity index (χ4v) is 5.14. The molecule has 0 saturated carbocycles. The topological polar surface area (TPSA) is 29.0 Å². The number of thiophene rings is 1. The summed E-state index contributed by atoms with van der Waals surface area (Å²) >= 11 is 8.05. The molecule has 2 aromatic heterocycles. The van der Waals surface area contributed by atoms with E-state index in [0.29, 0.717) is 11.2 Å². The highest BCUT2D eigenvalue weighted by Crippen LogP contribution is 2.43. The van der Waals surface area contributed by atoms with Gasteiger partial charge in [0.05, 0.1) is 5.39 Å². The monoisotopic (exact) mass is 435 g/mol. The van der Waals surface area contributed by atoms with Crippen molar-refractivity contribution in [2.24, 2.45) is 0 Å². The summed E-state index contributed by atoms with van der Waals surface area (Å²) in [6.45, 7) is 7.39. The highest BCUT2D eigenvalue weighted by atomic mass is 35.5. The summed E-state index contributed by atoms with van der Waals surface area (Å²) in [6.07, 6.45) is 0.946. The van der Waals surface area contributed by atoms with Crippen LogP contribution in [0, 0.1) is 0 Å². The van der Waals surface area contributed by atoms with E-state index < -0.39 is 0 Å². The molecule has 0 spiro atoms. The van der Waals surface area contributed by atoms with Crippen LogP contribution in [0.1, 0.15) is 42.7 Å². The van der Waals surface area contributed by atoms with Gasteiger partial charge in [-0.25, -0.2) is 4.98 Å². The van der Waals surface area contributed by atoms with Gasteiger partial charge in [0.25, 0.3) is 0 Å². The molecule has 154 valence electrons. The summed E-state index contributed by atoms with van der Waals surface area (Å²) in [5.74, 6) is 1.39. The van der Waals surface area contributed by atoms with Gasteiger partial charge in [-0.1, -0.05) is 75.4 Å². The average molecular weight is 436 g/mol. The van der Waals surface area contributed by atoms with Crippen LogP contribution in [0.2, 0.25) is 5.28 Å². The third-order valence-electron chi connectivity index (χ3n) is 5.39. The molecule has 0 unspecified atom stereocenters. The second-order valence-electron chi connectivity index (χ2n) is 7.87. The van der Waals surface area contributed by atoms with Crippen molar-refractivity contribution < 1.29 is 0 Å². The number of hydrogen-bond acceptors (Lipinski definition) is 4. The lowest BCUT2D eigenvalue weighted by molar-refractivity contribution is 0.867. The van der Waals surface area contributed by atoms with E-state index in [2.05, 4.69) is 91.2 Å². The standard InChI is InChI=1S/C25H26ClN3S/c1-5-20-21(19-13-11-18(12-14-19)16(2)3)22-23(27-25(26)28-24(22)30-20)29(4)15-17-9-7-6-8-10-17/h6-14,16H,5,15H2,1-4H3. The normalized spacial score (nSPS) is 11.4. The van der Waals surface area contributed by atoms with Gasteiger partial charge < -0.3 is 4.90 Å². The quantitative estimate of drug-likeness (QED) is 0.297. The molecule has 2 aromatic carbocycles. The summed E-state index contributed by atoms with van der Waals surface area (Å²) in [4.78, 5) is 13.7. The summed E-state index contributed by atoms with van der Waals surface area (Å²) < 4.78 is 0. The Hall–Kier alpha value is -2.43. The van der Waals surface area contributed by atoms with E-state index >= 15 is 0 Å². The van der Waals surface area contributed by atoms with Gasteiger partial charge in [0, 0.05) is 24.0 Å². The maximum Gasteiger partial charge on any atom is 0.225 e. The molecule has 0 aliphatic heterocycles. The summed E-state index contributed by atoms with van der Waals surface area (Å²) in [5.41, 5.74) is 5.02. The first-order chi connectivity index (χ1) is 14.5. The Kier molecular flexibility index (Phi) is 6.07. The number of nitrogens with zero attached hydrogens (tertiary/aromatic N) is 3. The molecule has 0 aliphatic carbocycles. The lowest BCUT2D eigenvalue weighted by Crippen LogP contribution is -2.18. The smallest absolute Gasteiger partial charge is 0.225 e. The first-order valence-electron chi connectivity index (χ1n) is 10.3. The fourth-order valence-electron chi connectivity index (χ4n) is 3.80. The molecule has 2 heterocycles. The lowest BCUT2D eigenvalue weighted by Gasteiger charge is -2.20. The molecular weight excluding hydrogens is 410 g/mol. The summed E-state index contributed by atoms with van der Waals surface area (Å²) in [5, 5.41) is 1.39. The number of fused-ring (bicyclic) bond motifs is 1. The molecule has 4 rings (SSSR count). The van der Waals surface area contributed by atoms with Crippen LogP contribution >= 0.6 is 22.9 Å². The van der Waals surface area contributed by atoms with Gasteiger partial charge in [-0.2, -0.15) is 4.98 Å². The van der Waals surface area contributed by atoms with Gasteiger partial charge >= 0.3 is 0 Å². The molecule has 4 aromatic rings. The molecule has 5 heteroatoms. The zero-order valence-corrected chi connectivity index (χ0v) is 19.4. The van der Waals surface area contributed by atoms with E-state index in [1.54, 1.807) is 11.3 Å². The molecule has 0 amide bonds. The minimum absolute atomic E-state index is 0.294. The second kappa shape index (κ2) is 8.75. The van der Waals surface area contributed by atoms with E-state index in [9.17, 15) is 0 Å². The molecule has 0 saturated heterocycles. The first kappa shape index (κ1) is 20.8. The van der Waals surface area contributed by atoms with E-state index in [4.69, 9.17) is 11.6 Å². The van der Waals surface area contributed by atoms with Crippen LogP contribution in [0.5, 0.6) is 0 Å². The van der Waals surface area contributed by atoms with Crippen molar-refractivity contribution >= 4 is 39.0 Å². The number of benzene rings is 2. The Morgan fingerprint density at radius 2 is 1.70 bits per heavy atom. The minimum Gasteiger partial charge on any atom is -0.355 e. The van der Waals surface area contributed by atoms with E-state index in [-0.39, 0.29) is 0 Å². The van der Waals surface area contributed by atoms with Crippen LogP contribution in [0.4, 0.5) is 5.82 Å². The Balaban J connectivity index is 1.87. The predicted molar refractivity (Wildman–Crippen MR) is 130 cm³/mol. The molecule has 0 aliphatic rings.